The number of halogens is 1. The molecule has 2 rings (SSSR count). The maximum atomic E-state index is 10.9. The molecule has 17 heavy (non-hydrogen) atoms. The number of hydrogen-bond acceptors (Lipinski definition) is 5. The Labute approximate surface area is 102 Å². The highest BCUT2D eigenvalue weighted by molar-refractivity contribution is 6.30. The molecular weight excluding hydrogens is 248 g/mol. The van der Waals surface area contributed by atoms with Gasteiger partial charge in [0.05, 0.1) is 17.4 Å². The third-order valence-electron chi connectivity index (χ3n) is 2.37. The number of hydrogen-bond donors (Lipinski definition) is 1. The molecule has 1 aromatic rings. The van der Waals surface area contributed by atoms with Gasteiger partial charge in [-0.1, -0.05) is 11.6 Å². The highest BCUT2D eigenvalue weighted by Crippen LogP contribution is 2.29. The van der Waals surface area contributed by atoms with Crippen molar-refractivity contribution < 1.29 is 14.5 Å². The number of ether oxygens (including phenoxy) is 1. The van der Waals surface area contributed by atoms with Crippen LogP contribution in [0.3, 0.4) is 0 Å². The van der Waals surface area contributed by atoms with E-state index in [9.17, 15) is 14.9 Å². The van der Waals surface area contributed by atoms with Crippen LogP contribution in [0.25, 0.3) is 0 Å². The maximum absolute atomic E-state index is 10.9. The Morgan fingerprint density at radius 1 is 1.53 bits per heavy atom. The summed E-state index contributed by atoms with van der Waals surface area (Å²) in [6.07, 6.45) is 0.208. The number of nitro groups is 1. The summed E-state index contributed by atoms with van der Waals surface area (Å²) in [6, 6.07) is 4.10. The van der Waals surface area contributed by atoms with E-state index in [1.165, 1.54) is 12.1 Å². The van der Waals surface area contributed by atoms with Crippen molar-refractivity contribution >= 4 is 28.9 Å². The zero-order valence-corrected chi connectivity index (χ0v) is 9.44. The maximum Gasteiger partial charge on any atom is 0.308 e. The van der Waals surface area contributed by atoms with E-state index < -0.39 is 4.92 Å². The second-order valence-electron chi connectivity index (χ2n) is 3.65. The summed E-state index contributed by atoms with van der Waals surface area (Å²) >= 11 is 5.69. The van der Waals surface area contributed by atoms with Crippen molar-refractivity contribution in [2.75, 3.05) is 11.9 Å². The topological polar surface area (TPSA) is 81.5 Å². The van der Waals surface area contributed by atoms with Crippen LogP contribution in [0.5, 0.6) is 0 Å². The van der Waals surface area contributed by atoms with Crippen LogP contribution in [0, 0.1) is 10.1 Å². The molecule has 1 atom stereocenters. The Morgan fingerprint density at radius 2 is 2.29 bits per heavy atom. The number of benzene rings is 1. The van der Waals surface area contributed by atoms with Crippen LogP contribution in [-0.4, -0.2) is 23.5 Å². The molecule has 1 heterocycles. The fraction of sp³-hybridized carbons (Fsp3) is 0.300. The SMILES string of the molecule is O=C1C[C@H](Nc2ccc(Cl)cc2[N+](=O)[O-])CO1. The van der Waals surface area contributed by atoms with Crippen molar-refractivity contribution in [3.05, 3.63) is 33.3 Å². The number of nitrogens with one attached hydrogen (secondary N) is 1. The lowest BCUT2D eigenvalue weighted by Gasteiger charge is -2.11. The number of nitro benzene ring substituents is 1. The molecule has 90 valence electrons. The van der Waals surface area contributed by atoms with Crippen molar-refractivity contribution in [1.82, 2.24) is 0 Å². The van der Waals surface area contributed by atoms with Crippen molar-refractivity contribution in [3.8, 4) is 0 Å². The normalized spacial score (nSPS) is 18.9. The van der Waals surface area contributed by atoms with Gasteiger partial charge in [-0.05, 0) is 12.1 Å². The molecule has 1 saturated heterocycles. The molecule has 6 nitrogen and oxygen atoms in total. The monoisotopic (exact) mass is 256 g/mol. The minimum atomic E-state index is -0.522. The van der Waals surface area contributed by atoms with Crippen molar-refractivity contribution in [1.29, 1.82) is 0 Å². The smallest absolute Gasteiger partial charge is 0.308 e. The number of rotatable bonds is 3. The molecule has 1 fully saturated rings. The highest BCUT2D eigenvalue weighted by atomic mass is 35.5. The lowest BCUT2D eigenvalue weighted by atomic mass is 10.2. The Balaban J connectivity index is 2.20. The predicted octanol–water partition coefficient (Wildman–Crippen LogP) is 1.98. The minimum Gasteiger partial charge on any atom is -0.463 e. The van der Waals surface area contributed by atoms with Crippen LogP contribution in [0.15, 0.2) is 18.2 Å². The largest absolute Gasteiger partial charge is 0.463 e. The predicted molar refractivity (Wildman–Crippen MR) is 61.1 cm³/mol. The average molecular weight is 257 g/mol. The molecule has 1 N–H and O–H groups in total. The zero-order chi connectivity index (χ0) is 12.4. The van der Waals surface area contributed by atoms with Gasteiger partial charge in [0, 0.05) is 11.1 Å². The van der Waals surface area contributed by atoms with Gasteiger partial charge in [-0.25, -0.2) is 0 Å². The number of carbonyl (C=O) groups excluding carboxylic acids is 1. The third-order valence-corrected chi connectivity index (χ3v) is 2.61. The average Bonchev–Trinajstić information content (AvgIpc) is 2.66. The summed E-state index contributed by atoms with van der Waals surface area (Å²) in [4.78, 5) is 21.2. The Bertz CT molecular complexity index is 477. The number of carbonyl (C=O) groups is 1. The molecule has 0 unspecified atom stereocenters. The first kappa shape index (κ1) is 11.7. The second-order valence-corrected chi connectivity index (χ2v) is 4.08. The van der Waals surface area contributed by atoms with Crippen LogP contribution in [0.2, 0.25) is 5.02 Å². The van der Waals surface area contributed by atoms with E-state index in [2.05, 4.69) is 5.32 Å². The summed E-state index contributed by atoms with van der Waals surface area (Å²) in [6.45, 7) is 0.221. The van der Waals surface area contributed by atoms with E-state index in [4.69, 9.17) is 16.3 Å². The van der Waals surface area contributed by atoms with E-state index in [-0.39, 0.29) is 30.7 Å². The summed E-state index contributed by atoms with van der Waals surface area (Å²) in [5, 5.41) is 14.0. The van der Waals surface area contributed by atoms with Gasteiger partial charge in [0.1, 0.15) is 12.3 Å². The summed E-state index contributed by atoms with van der Waals surface area (Å²) in [5.41, 5.74) is 0.222. The number of nitrogens with zero attached hydrogens (tertiary/aromatic N) is 1. The number of anilines is 1. The molecule has 0 aromatic heterocycles. The van der Waals surface area contributed by atoms with Gasteiger partial charge < -0.3 is 10.1 Å². The quantitative estimate of drug-likeness (QED) is 0.508. The molecule has 0 saturated carbocycles. The first-order chi connectivity index (χ1) is 8.06. The van der Waals surface area contributed by atoms with E-state index >= 15 is 0 Å². The second kappa shape index (κ2) is 4.58. The fourth-order valence-electron chi connectivity index (χ4n) is 1.60. The molecule has 0 radical (unpaired) electrons. The molecule has 1 aliphatic heterocycles. The molecule has 7 heteroatoms. The van der Waals surface area contributed by atoms with Crippen LogP contribution >= 0.6 is 11.6 Å². The van der Waals surface area contributed by atoms with Crippen molar-refractivity contribution in [3.63, 3.8) is 0 Å². The number of cyclic esters (lactones) is 1. The lowest BCUT2D eigenvalue weighted by Crippen LogP contribution is -2.19. The minimum absolute atomic E-state index is 0.114. The van der Waals surface area contributed by atoms with E-state index in [0.717, 1.165) is 0 Å². The summed E-state index contributed by atoms with van der Waals surface area (Å²) in [7, 11) is 0. The lowest BCUT2D eigenvalue weighted by molar-refractivity contribution is -0.384. The summed E-state index contributed by atoms with van der Waals surface area (Å²) in [5.74, 6) is -0.306. The van der Waals surface area contributed by atoms with Gasteiger partial charge in [-0.15, -0.1) is 0 Å². The molecule has 0 bridgehead atoms. The molecule has 0 amide bonds. The van der Waals surface area contributed by atoms with Gasteiger partial charge in [0.25, 0.3) is 5.69 Å². The van der Waals surface area contributed by atoms with Crippen molar-refractivity contribution in [2.24, 2.45) is 0 Å². The Kier molecular flexibility index (Phi) is 3.14. The van der Waals surface area contributed by atoms with E-state index in [1.54, 1.807) is 6.07 Å². The molecule has 0 spiro atoms. The molecule has 1 aromatic carbocycles. The zero-order valence-electron chi connectivity index (χ0n) is 8.68. The third kappa shape index (κ3) is 2.65. The van der Waals surface area contributed by atoms with Crippen LogP contribution in [-0.2, 0) is 9.53 Å². The Morgan fingerprint density at radius 3 is 2.88 bits per heavy atom. The molecule has 0 aliphatic carbocycles. The van der Waals surface area contributed by atoms with Gasteiger partial charge in [0.2, 0.25) is 0 Å². The summed E-state index contributed by atoms with van der Waals surface area (Å²) < 4.78 is 4.76. The Hall–Kier alpha value is -1.82. The van der Waals surface area contributed by atoms with Gasteiger partial charge in [0.15, 0.2) is 0 Å². The highest BCUT2D eigenvalue weighted by Gasteiger charge is 2.25. The molecule has 1 aliphatic rings. The fourth-order valence-corrected chi connectivity index (χ4v) is 1.77. The van der Waals surface area contributed by atoms with Gasteiger partial charge in [-0.3, -0.25) is 14.9 Å². The number of esters is 1. The first-order valence-electron chi connectivity index (χ1n) is 4.92. The van der Waals surface area contributed by atoms with Crippen LogP contribution in [0.4, 0.5) is 11.4 Å². The van der Waals surface area contributed by atoms with E-state index in [1.807, 2.05) is 0 Å². The molecular formula is C10H9ClN2O4. The van der Waals surface area contributed by atoms with Crippen LogP contribution in [0.1, 0.15) is 6.42 Å². The van der Waals surface area contributed by atoms with Crippen molar-refractivity contribution in [2.45, 2.75) is 12.5 Å². The standard InChI is InChI=1S/C10H9ClN2O4/c11-6-1-2-8(9(3-6)13(15)16)12-7-4-10(14)17-5-7/h1-3,7,12H,4-5H2/t7-/m0/s1. The van der Waals surface area contributed by atoms with Gasteiger partial charge in [-0.2, -0.15) is 0 Å². The first-order valence-corrected chi connectivity index (χ1v) is 5.30. The van der Waals surface area contributed by atoms with Gasteiger partial charge >= 0.3 is 5.97 Å². The van der Waals surface area contributed by atoms with E-state index in [0.29, 0.717) is 10.7 Å². The van der Waals surface area contributed by atoms with Crippen LogP contribution < -0.4 is 5.32 Å².